The van der Waals surface area contributed by atoms with Crippen molar-refractivity contribution in [3.8, 4) is 27.9 Å². The zero-order valence-electron chi connectivity index (χ0n) is 31.1. The van der Waals surface area contributed by atoms with Crippen LogP contribution in [-0.4, -0.2) is 4.57 Å². The maximum atomic E-state index is 4.61. The molecule has 2 heterocycles. The molecule has 0 saturated carbocycles. The molecular formula is C54H40N2. The Morgan fingerprint density at radius 1 is 0.536 bits per heavy atom. The summed E-state index contributed by atoms with van der Waals surface area (Å²) in [5.41, 5.74) is 16.5. The Kier molecular flexibility index (Phi) is 8.50. The van der Waals surface area contributed by atoms with Gasteiger partial charge < -0.3 is 9.47 Å². The Morgan fingerprint density at radius 3 is 1.98 bits per heavy atom. The second-order valence-corrected chi connectivity index (χ2v) is 14.6. The Balaban J connectivity index is 1.11. The van der Waals surface area contributed by atoms with E-state index in [9.17, 15) is 0 Å². The lowest BCUT2D eigenvalue weighted by Crippen LogP contribution is -2.21. The van der Waals surface area contributed by atoms with Crippen LogP contribution in [0.4, 0.5) is 5.69 Å². The molecule has 0 bridgehead atoms. The first-order valence-corrected chi connectivity index (χ1v) is 19.4. The van der Waals surface area contributed by atoms with Crippen LogP contribution in [0.5, 0.6) is 0 Å². The van der Waals surface area contributed by atoms with Crippen LogP contribution in [0.25, 0.3) is 60.9 Å². The summed E-state index contributed by atoms with van der Waals surface area (Å²) >= 11 is 0. The van der Waals surface area contributed by atoms with Crippen molar-refractivity contribution >= 4 is 38.6 Å². The van der Waals surface area contributed by atoms with E-state index >= 15 is 0 Å². The van der Waals surface area contributed by atoms with E-state index in [2.05, 4.69) is 229 Å². The zero-order chi connectivity index (χ0) is 37.4. The fourth-order valence-electron chi connectivity index (χ4n) is 8.53. The van der Waals surface area contributed by atoms with Gasteiger partial charge in [0.1, 0.15) is 0 Å². The van der Waals surface area contributed by atoms with Crippen LogP contribution in [-0.2, 0) is 0 Å². The summed E-state index contributed by atoms with van der Waals surface area (Å²) in [6, 6.07) is 63.6. The molecule has 0 spiro atoms. The SMILES string of the molecule is C=C1/C=C\C=C/N(C2=CC(c3ccccc3)=CC(c3ccccc3)C2)c2ccc(-c3cccc4c5ccccc5n(-c5ccc(-c6ccccc6)cc5)c34)cc21. The number of hydrogen-bond acceptors (Lipinski definition) is 1. The minimum absolute atomic E-state index is 0.244. The highest BCUT2D eigenvalue weighted by Crippen LogP contribution is 2.43. The first kappa shape index (κ1) is 33.4. The molecule has 7 aromatic carbocycles. The van der Waals surface area contributed by atoms with Crippen LogP contribution < -0.4 is 4.90 Å². The maximum absolute atomic E-state index is 4.61. The topological polar surface area (TPSA) is 8.17 Å². The van der Waals surface area contributed by atoms with Crippen molar-refractivity contribution in [2.24, 2.45) is 0 Å². The van der Waals surface area contributed by atoms with Gasteiger partial charge in [-0.2, -0.15) is 0 Å². The largest absolute Gasteiger partial charge is 0.320 e. The van der Waals surface area contributed by atoms with Crippen LogP contribution >= 0.6 is 0 Å². The third-order valence-electron chi connectivity index (χ3n) is 11.3. The molecule has 1 aromatic heterocycles. The fourth-order valence-corrected chi connectivity index (χ4v) is 8.53. The third kappa shape index (κ3) is 6.02. The van der Waals surface area contributed by atoms with E-state index < -0.39 is 0 Å². The van der Waals surface area contributed by atoms with E-state index in [-0.39, 0.29) is 5.92 Å². The van der Waals surface area contributed by atoms with Gasteiger partial charge in [-0.3, -0.25) is 0 Å². The molecule has 2 aliphatic rings. The first-order chi connectivity index (χ1) is 27.7. The molecule has 0 fully saturated rings. The summed E-state index contributed by atoms with van der Waals surface area (Å²) in [5.74, 6) is 0.244. The molecule has 1 aliphatic heterocycles. The van der Waals surface area contributed by atoms with Crippen molar-refractivity contribution in [2.45, 2.75) is 12.3 Å². The monoisotopic (exact) mass is 716 g/mol. The molecule has 0 amide bonds. The van der Waals surface area contributed by atoms with Gasteiger partial charge in [0.05, 0.1) is 16.7 Å². The van der Waals surface area contributed by atoms with Crippen molar-refractivity contribution in [2.75, 3.05) is 4.90 Å². The van der Waals surface area contributed by atoms with Crippen molar-refractivity contribution in [3.05, 3.63) is 241 Å². The number of hydrogen-bond donors (Lipinski definition) is 0. The highest BCUT2D eigenvalue weighted by molar-refractivity contribution is 6.14. The molecule has 2 nitrogen and oxygen atoms in total. The van der Waals surface area contributed by atoms with Gasteiger partial charge >= 0.3 is 0 Å². The Hall–Kier alpha value is -7.16. The number of fused-ring (bicyclic) bond motifs is 4. The molecule has 1 aliphatic carbocycles. The van der Waals surface area contributed by atoms with Crippen molar-refractivity contribution < 1.29 is 0 Å². The zero-order valence-corrected chi connectivity index (χ0v) is 31.1. The van der Waals surface area contributed by atoms with E-state index in [1.54, 1.807) is 0 Å². The molecule has 266 valence electrons. The number of nitrogens with zero attached hydrogens (tertiary/aromatic N) is 2. The van der Waals surface area contributed by atoms with E-state index in [1.165, 1.54) is 60.9 Å². The Morgan fingerprint density at radius 2 is 1.20 bits per heavy atom. The second kappa shape index (κ2) is 14.2. The summed E-state index contributed by atoms with van der Waals surface area (Å²) in [6.07, 6.45) is 14.2. The lowest BCUT2D eigenvalue weighted by Gasteiger charge is -2.32. The number of aromatic nitrogens is 1. The number of rotatable bonds is 6. The predicted molar refractivity (Wildman–Crippen MR) is 238 cm³/mol. The van der Waals surface area contributed by atoms with Crippen molar-refractivity contribution in [3.63, 3.8) is 0 Å². The van der Waals surface area contributed by atoms with Crippen LogP contribution in [0.1, 0.15) is 29.0 Å². The predicted octanol–water partition coefficient (Wildman–Crippen LogP) is 14.2. The minimum Gasteiger partial charge on any atom is -0.320 e. The number of benzene rings is 7. The van der Waals surface area contributed by atoms with Gasteiger partial charge in [0, 0.05) is 45.4 Å². The van der Waals surface area contributed by atoms with Gasteiger partial charge in [0.25, 0.3) is 0 Å². The molecule has 0 N–H and O–H groups in total. The quantitative estimate of drug-likeness (QED) is 0.166. The molecule has 0 radical (unpaired) electrons. The second-order valence-electron chi connectivity index (χ2n) is 14.6. The maximum Gasteiger partial charge on any atom is 0.0619 e. The molecule has 8 aromatic rings. The van der Waals surface area contributed by atoms with Gasteiger partial charge in [-0.25, -0.2) is 0 Å². The van der Waals surface area contributed by atoms with Gasteiger partial charge in [-0.05, 0) is 87.9 Å². The number of allylic oxidation sites excluding steroid dienone is 8. The van der Waals surface area contributed by atoms with E-state index in [0.29, 0.717) is 0 Å². The van der Waals surface area contributed by atoms with E-state index in [0.717, 1.165) is 34.5 Å². The van der Waals surface area contributed by atoms with Gasteiger partial charge in [0.2, 0.25) is 0 Å². The average Bonchev–Trinajstić information content (AvgIpc) is 3.61. The highest BCUT2D eigenvalue weighted by atomic mass is 15.1. The summed E-state index contributed by atoms with van der Waals surface area (Å²) in [7, 11) is 0. The smallest absolute Gasteiger partial charge is 0.0619 e. The molecule has 56 heavy (non-hydrogen) atoms. The Labute approximate surface area is 328 Å². The Bertz CT molecular complexity index is 2870. The lowest BCUT2D eigenvalue weighted by molar-refractivity contribution is 0.795. The van der Waals surface area contributed by atoms with Crippen LogP contribution in [0, 0.1) is 0 Å². The molecule has 1 unspecified atom stereocenters. The van der Waals surface area contributed by atoms with E-state index in [4.69, 9.17) is 0 Å². The van der Waals surface area contributed by atoms with E-state index in [1.807, 2.05) is 0 Å². The van der Waals surface area contributed by atoms with Crippen LogP contribution in [0.15, 0.2) is 225 Å². The number of para-hydroxylation sites is 2. The van der Waals surface area contributed by atoms with Crippen LogP contribution in [0.2, 0.25) is 0 Å². The molecule has 1 atom stereocenters. The van der Waals surface area contributed by atoms with Gasteiger partial charge in [-0.15, -0.1) is 0 Å². The summed E-state index contributed by atoms with van der Waals surface area (Å²) < 4.78 is 2.43. The van der Waals surface area contributed by atoms with Gasteiger partial charge in [-0.1, -0.05) is 170 Å². The minimum atomic E-state index is 0.244. The molecule has 0 saturated heterocycles. The molecule has 10 rings (SSSR count). The molecule has 2 heteroatoms. The van der Waals surface area contributed by atoms with Gasteiger partial charge in [0.15, 0.2) is 0 Å². The first-order valence-electron chi connectivity index (χ1n) is 19.4. The lowest BCUT2D eigenvalue weighted by atomic mass is 9.85. The standard InChI is InChI=1S/C54H40N2/c1-38-16-13-14-33-55(47-35-44(40-19-7-3-8-20-40)34-45(36-47)41-21-9-4-10-22-41)52-32-29-43(37-51(38)52)48-24-15-25-50-49-23-11-12-26-53(49)56(54(48)50)46-30-27-42(28-31-46)39-17-5-2-6-18-39/h2-35,37,45H,1,36H2/b16-13-,33-14-. The normalized spacial score (nSPS) is 16.5. The van der Waals surface area contributed by atoms with Crippen molar-refractivity contribution in [1.82, 2.24) is 4.57 Å². The number of anilines is 1. The van der Waals surface area contributed by atoms with Crippen molar-refractivity contribution in [1.29, 1.82) is 0 Å². The third-order valence-corrected chi connectivity index (χ3v) is 11.3. The summed E-state index contributed by atoms with van der Waals surface area (Å²) in [5, 5.41) is 2.48. The molecular weight excluding hydrogens is 677 g/mol. The highest BCUT2D eigenvalue weighted by Gasteiger charge is 2.25. The summed E-state index contributed by atoms with van der Waals surface area (Å²) in [6.45, 7) is 4.61. The summed E-state index contributed by atoms with van der Waals surface area (Å²) in [4.78, 5) is 2.38. The average molecular weight is 717 g/mol. The van der Waals surface area contributed by atoms with Crippen LogP contribution in [0.3, 0.4) is 0 Å². The fraction of sp³-hybridized carbons (Fsp3) is 0.0370.